The van der Waals surface area contributed by atoms with Crippen LogP contribution in [-0.4, -0.2) is 143 Å². The number of fused-ring (bicyclic) bond motifs is 2. The summed E-state index contributed by atoms with van der Waals surface area (Å²) in [5.41, 5.74) is 2.69. The number of urea groups is 2. The minimum Gasteiger partial charge on any atom is -0.343 e. The lowest BCUT2D eigenvalue weighted by molar-refractivity contribution is -0.127. The highest BCUT2D eigenvalue weighted by atomic mass is 16.2. The molecule has 2 aromatic rings. The molecular formula is C39H50N10O4. The maximum absolute atomic E-state index is 13.4. The van der Waals surface area contributed by atoms with Crippen LogP contribution in [0.2, 0.25) is 0 Å². The van der Waals surface area contributed by atoms with Gasteiger partial charge in [-0.1, -0.05) is 60.7 Å². The first-order chi connectivity index (χ1) is 25.7. The Morgan fingerprint density at radius 1 is 0.585 bits per heavy atom. The molecule has 4 saturated heterocycles. The molecule has 0 radical (unpaired) electrons. The van der Waals surface area contributed by atoms with E-state index in [0.29, 0.717) is 31.3 Å². The maximum Gasteiger partial charge on any atom is 0.325 e. The third-order valence-corrected chi connectivity index (χ3v) is 12.0. The number of amides is 6. The monoisotopic (exact) mass is 722 g/mol. The van der Waals surface area contributed by atoms with Crippen molar-refractivity contribution in [2.75, 3.05) is 53.4 Å². The molecule has 53 heavy (non-hydrogen) atoms. The van der Waals surface area contributed by atoms with E-state index in [1.807, 2.05) is 12.1 Å². The molecule has 2 N–H and O–H groups in total. The molecule has 6 aliphatic heterocycles. The lowest BCUT2D eigenvalue weighted by Crippen LogP contribution is -2.65. The van der Waals surface area contributed by atoms with Crippen LogP contribution >= 0.6 is 0 Å². The zero-order valence-corrected chi connectivity index (χ0v) is 30.6. The van der Waals surface area contributed by atoms with Crippen LogP contribution in [0.25, 0.3) is 0 Å². The van der Waals surface area contributed by atoms with Crippen molar-refractivity contribution in [2.24, 2.45) is 21.8 Å². The molecule has 0 aliphatic carbocycles. The van der Waals surface area contributed by atoms with Crippen LogP contribution in [0, 0.1) is 11.8 Å². The Morgan fingerprint density at radius 3 is 1.34 bits per heavy atom. The number of carbonyl (C=O) groups is 4. The second kappa shape index (κ2) is 14.7. The van der Waals surface area contributed by atoms with Crippen LogP contribution in [0.15, 0.2) is 70.6 Å². The summed E-state index contributed by atoms with van der Waals surface area (Å²) in [6.45, 7) is 4.27. The molecule has 4 unspecified atom stereocenters. The number of likely N-dealkylation sites (N-methyl/N-ethyl adjacent to an activating group) is 2. The normalized spacial score (nSPS) is 26.8. The molecule has 0 bridgehead atoms. The van der Waals surface area contributed by atoms with E-state index < -0.39 is 36.5 Å². The van der Waals surface area contributed by atoms with Gasteiger partial charge in [-0.3, -0.25) is 20.2 Å². The number of likely N-dealkylation sites (tertiary alicyclic amines) is 2. The number of aliphatic imine (C=N–C) groups is 2. The smallest absolute Gasteiger partial charge is 0.325 e. The lowest BCUT2D eigenvalue weighted by atomic mass is 9.90. The van der Waals surface area contributed by atoms with Crippen LogP contribution in [0.3, 0.4) is 0 Å². The van der Waals surface area contributed by atoms with Gasteiger partial charge in [0.15, 0.2) is 36.3 Å². The quantitative estimate of drug-likeness (QED) is 0.424. The third-order valence-electron chi connectivity index (χ3n) is 12.0. The fourth-order valence-electron chi connectivity index (χ4n) is 9.01. The average molecular weight is 723 g/mol. The summed E-state index contributed by atoms with van der Waals surface area (Å²) in [5, 5.41) is 5.06. The number of nitrogens with one attached hydrogen (secondary N) is 2. The van der Waals surface area contributed by atoms with Gasteiger partial charge in [0.05, 0.1) is 0 Å². The average Bonchev–Trinajstić information content (AvgIpc) is 3.75. The van der Waals surface area contributed by atoms with Gasteiger partial charge in [0.2, 0.25) is 0 Å². The number of imide groups is 2. The molecule has 280 valence electrons. The lowest BCUT2D eigenvalue weighted by Gasteiger charge is -2.41. The molecule has 0 saturated carbocycles. The van der Waals surface area contributed by atoms with Crippen LogP contribution in [0.5, 0.6) is 0 Å². The van der Waals surface area contributed by atoms with Crippen molar-refractivity contribution >= 4 is 35.8 Å². The SMILES string of the molecule is CN1C(=O)NC(=O)C2C1N=C(N1CCC(Cc3ccccc3)CC1)N2CCCN1C(N2CCC(Cc3ccccc3)CC2)=NC2C1C(=O)NC(=O)N2C. The fraction of sp³-hybridized carbons (Fsp3) is 0.538. The number of guanidine groups is 2. The summed E-state index contributed by atoms with van der Waals surface area (Å²) in [7, 11) is 3.37. The zero-order chi connectivity index (χ0) is 36.6. The van der Waals surface area contributed by atoms with Gasteiger partial charge in [0.25, 0.3) is 11.8 Å². The predicted octanol–water partition coefficient (Wildman–Crippen LogP) is 2.38. The summed E-state index contributed by atoms with van der Waals surface area (Å²) in [6, 6.07) is 19.0. The molecule has 6 amide bonds. The standard InChI is InChI=1S/C39H50N10O4/c1-44-32-30(34(50)42-38(44)52)48(36(40-32)46-20-14-28(15-21-46)24-26-10-5-3-6-11-26)18-9-19-49-31-33(45(2)39(53)43-35(31)51)41-37(49)47-22-16-29(17-23-47)25-27-12-7-4-8-13-27/h3-8,10-13,28-33H,9,14-25H2,1-2H3,(H,42,50,52)(H,43,51,53). The summed E-state index contributed by atoms with van der Waals surface area (Å²) < 4.78 is 0. The van der Waals surface area contributed by atoms with E-state index in [4.69, 9.17) is 9.98 Å². The molecule has 2 aromatic carbocycles. The van der Waals surface area contributed by atoms with E-state index >= 15 is 0 Å². The van der Waals surface area contributed by atoms with Crippen LogP contribution < -0.4 is 10.6 Å². The van der Waals surface area contributed by atoms with Crippen molar-refractivity contribution in [1.82, 2.24) is 40.0 Å². The number of hydrogen-bond acceptors (Lipinski definition) is 10. The zero-order valence-electron chi connectivity index (χ0n) is 30.6. The highest BCUT2D eigenvalue weighted by Crippen LogP contribution is 2.32. The van der Waals surface area contributed by atoms with Crippen molar-refractivity contribution in [3.8, 4) is 0 Å². The van der Waals surface area contributed by atoms with E-state index in [1.54, 1.807) is 14.1 Å². The van der Waals surface area contributed by atoms with E-state index in [-0.39, 0.29) is 11.8 Å². The van der Waals surface area contributed by atoms with Gasteiger partial charge in [0, 0.05) is 53.4 Å². The van der Waals surface area contributed by atoms with Crippen molar-refractivity contribution in [3.05, 3.63) is 71.8 Å². The molecule has 4 atom stereocenters. The Hall–Kier alpha value is -5.14. The molecule has 14 nitrogen and oxygen atoms in total. The van der Waals surface area contributed by atoms with Crippen molar-refractivity contribution in [1.29, 1.82) is 0 Å². The van der Waals surface area contributed by atoms with E-state index in [0.717, 1.165) is 76.6 Å². The van der Waals surface area contributed by atoms with Crippen LogP contribution in [-0.2, 0) is 22.4 Å². The molecule has 6 heterocycles. The molecule has 0 aromatic heterocycles. The van der Waals surface area contributed by atoms with Gasteiger partial charge in [-0.25, -0.2) is 19.6 Å². The Labute approximate surface area is 310 Å². The summed E-state index contributed by atoms with van der Waals surface area (Å²) in [4.78, 5) is 74.0. The highest BCUT2D eigenvalue weighted by molar-refractivity contribution is 6.04. The number of carbonyl (C=O) groups excluding carboxylic acids is 4. The first kappa shape index (κ1) is 34.9. The van der Waals surface area contributed by atoms with Crippen LogP contribution in [0.1, 0.15) is 43.2 Å². The van der Waals surface area contributed by atoms with Crippen molar-refractivity contribution in [2.45, 2.75) is 69.4 Å². The highest BCUT2D eigenvalue weighted by Gasteiger charge is 2.52. The number of nitrogens with zero attached hydrogens (tertiary/aromatic N) is 8. The first-order valence-electron chi connectivity index (χ1n) is 19.2. The van der Waals surface area contributed by atoms with Gasteiger partial charge in [-0.15, -0.1) is 0 Å². The van der Waals surface area contributed by atoms with Gasteiger partial charge in [-0.2, -0.15) is 0 Å². The van der Waals surface area contributed by atoms with Gasteiger partial charge >= 0.3 is 12.1 Å². The second-order valence-corrected chi connectivity index (χ2v) is 15.4. The van der Waals surface area contributed by atoms with Crippen LogP contribution in [0.4, 0.5) is 9.59 Å². The largest absolute Gasteiger partial charge is 0.343 e. The Kier molecular flexibility index (Phi) is 9.69. The predicted molar refractivity (Wildman–Crippen MR) is 200 cm³/mol. The minimum absolute atomic E-state index is 0.343. The topological polar surface area (TPSA) is 136 Å². The Bertz CT molecular complexity index is 1630. The molecular weight excluding hydrogens is 672 g/mol. The van der Waals surface area contributed by atoms with Gasteiger partial charge in [-0.05, 0) is 67.9 Å². The van der Waals surface area contributed by atoms with Gasteiger partial charge < -0.3 is 29.4 Å². The Morgan fingerprint density at radius 2 is 0.962 bits per heavy atom. The van der Waals surface area contributed by atoms with Crippen molar-refractivity contribution in [3.63, 3.8) is 0 Å². The number of piperidine rings is 2. The molecule has 6 aliphatic rings. The summed E-state index contributed by atoms with van der Waals surface area (Å²) in [5.74, 6) is 1.95. The van der Waals surface area contributed by atoms with Crippen molar-refractivity contribution < 1.29 is 19.2 Å². The fourth-order valence-corrected chi connectivity index (χ4v) is 9.01. The minimum atomic E-state index is -0.639. The van der Waals surface area contributed by atoms with Gasteiger partial charge in [0.1, 0.15) is 0 Å². The number of rotatable bonds is 8. The summed E-state index contributed by atoms with van der Waals surface area (Å²) in [6.07, 6.45) is 5.51. The molecule has 8 rings (SSSR count). The molecule has 4 fully saturated rings. The molecule has 14 heteroatoms. The number of hydrogen-bond donors (Lipinski definition) is 2. The maximum atomic E-state index is 13.4. The Balaban J connectivity index is 0.968. The molecule has 0 spiro atoms. The van der Waals surface area contributed by atoms with E-state index in [9.17, 15) is 19.2 Å². The summed E-state index contributed by atoms with van der Waals surface area (Å²) >= 11 is 0. The second-order valence-electron chi connectivity index (χ2n) is 15.4. The first-order valence-corrected chi connectivity index (χ1v) is 19.2. The number of benzene rings is 2. The third kappa shape index (κ3) is 6.91. The van der Waals surface area contributed by atoms with E-state index in [1.165, 1.54) is 20.9 Å². The van der Waals surface area contributed by atoms with E-state index in [2.05, 4.69) is 78.8 Å².